The molecule has 1 aliphatic carbocycles. The van der Waals surface area contributed by atoms with E-state index in [2.05, 4.69) is 6.07 Å². The van der Waals surface area contributed by atoms with Gasteiger partial charge in [-0.1, -0.05) is 25.0 Å². The summed E-state index contributed by atoms with van der Waals surface area (Å²) in [5.74, 6) is 1.73. The molecule has 3 heteroatoms. The van der Waals surface area contributed by atoms with Gasteiger partial charge in [0.25, 0.3) is 0 Å². The minimum atomic E-state index is 0.124. The maximum absolute atomic E-state index is 6.31. The van der Waals surface area contributed by atoms with Crippen molar-refractivity contribution in [2.24, 2.45) is 5.73 Å². The summed E-state index contributed by atoms with van der Waals surface area (Å²) < 4.78 is 11.8. The molecule has 20 heavy (non-hydrogen) atoms. The van der Waals surface area contributed by atoms with Crippen molar-refractivity contribution in [3.63, 3.8) is 0 Å². The highest BCUT2D eigenvalue weighted by Gasteiger charge is 2.18. The van der Waals surface area contributed by atoms with Crippen molar-refractivity contribution in [2.45, 2.75) is 64.0 Å². The second kappa shape index (κ2) is 7.53. The van der Waals surface area contributed by atoms with E-state index in [1.54, 1.807) is 7.11 Å². The van der Waals surface area contributed by atoms with Crippen LogP contribution in [0.25, 0.3) is 0 Å². The molecule has 0 spiro atoms. The molecule has 1 aliphatic rings. The number of ether oxygens (including phenoxy) is 2. The van der Waals surface area contributed by atoms with Crippen molar-refractivity contribution < 1.29 is 9.47 Å². The molecule has 0 aliphatic heterocycles. The van der Waals surface area contributed by atoms with Crippen LogP contribution in [-0.4, -0.2) is 19.3 Å². The topological polar surface area (TPSA) is 44.5 Å². The number of nitrogens with two attached hydrogens (primary N) is 1. The molecule has 0 aromatic heterocycles. The van der Waals surface area contributed by atoms with Crippen LogP contribution in [0.3, 0.4) is 0 Å². The summed E-state index contributed by atoms with van der Waals surface area (Å²) in [6, 6.07) is 6.20. The zero-order valence-electron chi connectivity index (χ0n) is 12.7. The van der Waals surface area contributed by atoms with Crippen LogP contribution in [0.15, 0.2) is 18.2 Å². The molecule has 1 atom stereocenters. The number of para-hydroxylation sites is 1. The van der Waals surface area contributed by atoms with Crippen LogP contribution in [0.1, 0.15) is 51.0 Å². The minimum absolute atomic E-state index is 0.124. The van der Waals surface area contributed by atoms with Crippen LogP contribution < -0.4 is 15.2 Å². The molecule has 2 N–H and O–H groups in total. The summed E-state index contributed by atoms with van der Waals surface area (Å²) in [6.07, 6.45) is 8.63. The van der Waals surface area contributed by atoms with E-state index in [9.17, 15) is 0 Å². The molecule has 1 saturated carbocycles. The van der Waals surface area contributed by atoms with Crippen molar-refractivity contribution in [1.29, 1.82) is 0 Å². The maximum atomic E-state index is 6.31. The highest BCUT2D eigenvalue weighted by Crippen LogP contribution is 2.34. The van der Waals surface area contributed by atoms with Gasteiger partial charge >= 0.3 is 0 Å². The number of rotatable bonds is 5. The van der Waals surface area contributed by atoms with Crippen LogP contribution in [-0.2, 0) is 6.42 Å². The molecular weight excluding hydrogens is 250 g/mol. The van der Waals surface area contributed by atoms with E-state index in [1.165, 1.54) is 25.7 Å². The van der Waals surface area contributed by atoms with Gasteiger partial charge in [-0.2, -0.15) is 0 Å². The lowest BCUT2D eigenvalue weighted by atomic mass is 10.1. The first-order valence-corrected chi connectivity index (χ1v) is 7.79. The number of hydrogen-bond acceptors (Lipinski definition) is 3. The molecule has 1 aromatic carbocycles. The largest absolute Gasteiger partial charge is 0.493 e. The Kier molecular flexibility index (Phi) is 5.72. The Morgan fingerprint density at radius 3 is 2.50 bits per heavy atom. The van der Waals surface area contributed by atoms with Gasteiger partial charge in [0, 0.05) is 6.04 Å². The van der Waals surface area contributed by atoms with E-state index >= 15 is 0 Å². The average Bonchev–Trinajstić information content (AvgIpc) is 2.68. The molecule has 112 valence electrons. The van der Waals surface area contributed by atoms with Gasteiger partial charge in [0.1, 0.15) is 0 Å². The Morgan fingerprint density at radius 2 is 1.90 bits per heavy atom. The van der Waals surface area contributed by atoms with E-state index in [0.29, 0.717) is 6.10 Å². The summed E-state index contributed by atoms with van der Waals surface area (Å²) in [7, 11) is 1.70. The smallest absolute Gasteiger partial charge is 0.164 e. The fourth-order valence-electron chi connectivity index (χ4n) is 2.89. The number of hydrogen-bond donors (Lipinski definition) is 1. The normalized spacial score (nSPS) is 18.4. The predicted octanol–water partition coefficient (Wildman–Crippen LogP) is 3.69. The zero-order chi connectivity index (χ0) is 14.4. The first-order valence-electron chi connectivity index (χ1n) is 7.79. The van der Waals surface area contributed by atoms with Gasteiger partial charge < -0.3 is 15.2 Å². The first kappa shape index (κ1) is 15.2. The zero-order valence-corrected chi connectivity index (χ0v) is 12.7. The molecule has 0 heterocycles. The van der Waals surface area contributed by atoms with Crippen LogP contribution in [0, 0.1) is 0 Å². The fourth-order valence-corrected chi connectivity index (χ4v) is 2.89. The van der Waals surface area contributed by atoms with E-state index in [1.807, 2.05) is 19.1 Å². The molecule has 3 nitrogen and oxygen atoms in total. The fraction of sp³-hybridized carbons (Fsp3) is 0.647. The van der Waals surface area contributed by atoms with Gasteiger partial charge in [0.05, 0.1) is 13.2 Å². The lowest BCUT2D eigenvalue weighted by Crippen LogP contribution is -2.21. The summed E-state index contributed by atoms with van der Waals surface area (Å²) in [4.78, 5) is 0. The summed E-state index contributed by atoms with van der Waals surface area (Å²) in [5.41, 5.74) is 7.10. The predicted molar refractivity (Wildman–Crippen MR) is 82.5 cm³/mol. The van der Waals surface area contributed by atoms with E-state index in [-0.39, 0.29) is 6.04 Å². The average molecular weight is 277 g/mol. The van der Waals surface area contributed by atoms with Crippen LogP contribution in [0.5, 0.6) is 11.5 Å². The Balaban J connectivity index is 2.18. The molecule has 1 aromatic rings. The van der Waals surface area contributed by atoms with Crippen molar-refractivity contribution in [2.75, 3.05) is 7.11 Å². The van der Waals surface area contributed by atoms with Gasteiger partial charge in [-0.25, -0.2) is 0 Å². The van der Waals surface area contributed by atoms with Crippen molar-refractivity contribution in [3.05, 3.63) is 23.8 Å². The van der Waals surface area contributed by atoms with Crippen LogP contribution in [0.2, 0.25) is 0 Å². The third-order valence-corrected chi connectivity index (χ3v) is 3.91. The maximum Gasteiger partial charge on any atom is 0.164 e. The van der Waals surface area contributed by atoms with Gasteiger partial charge in [0.15, 0.2) is 11.5 Å². The third-order valence-electron chi connectivity index (χ3n) is 3.91. The number of benzene rings is 1. The molecule has 0 bridgehead atoms. The van der Waals surface area contributed by atoms with E-state index < -0.39 is 0 Å². The quantitative estimate of drug-likeness (QED) is 0.835. The summed E-state index contributed by atoms with van der Waals surface area (Å²) in [6.45, 7) is 2.02. The Morgan fingerprint density at radius 1 is 1.20 bits per heavy atom. The van der Waals surface area contributed by atoms with Crippen molar-refractivity contribution in [3.8, 4) is 11.5 Å². The molecular formula is C17H27NO2. The second-order valence-corrected chi connectivity index (χ2v) is 5.86. The lowest BCUT2D eigenvalue weighted by molar-refractivity contribution is 0.174. The van der Waals surface area contributed by atoms with E-state index in [4.69, 9.17) is 15.2 Å². The molecule has 2 rings (SSSR count). The highest BCUT2D eigenvalue weighted by molar-refractivity contribution is 5.47. The van der Waals surface area contributed by atoms with Gasteiger partial charge in [0.2, 0.25) is 0 Å². The van der Waals surface area contributed by atoms with E-state index in [0.717, 1.165) is 36.3 Å². The first-order chi connectivity index (χ1) is 9.70. The van der Waals surface area contributed by atoms with Crippen LogP contribution in [0.4, 0.5) is 0 Å². The van der Waals surface area contributed by atoms with Gasteiger partial charge in [-0.05, 0) is 50.7 Å². The molecule has 1 fully saturated rings. The Bertz CT molecular complexity index is 409. The van der Waals surface area contributed by atoms with Gasteiger partial charge in [-0.3, -0.25) is 0 Å². The Labute approximate surface area is 122 Å². The van der Waals surface area contributed by atoms with Crippen LogP contribution >= 0.6 is 0 Å². The molecule has 0 saturated heterocycles. The monoisotopic (exact) mass is 277 g/mol. The molecule has 0 radical (unpaired) electrons. The highest BCUT2D eigenvalue weighted by atomic mass is 16.5. The minimum Gasteiger partial charge on any atom is -0.493 e. The lowest BCUT2D eigenvalue weighted by Gasteiger charge is -2.22. The molecule has 0 amide bonds. The molecule has 1 unspecified atom stereocenters. The summed E-state index contributed by atoms with van der Waals surface area (Å²) >= 11 is 0. The van der Waals surface area contributed by atoms with Crippen molar-refractivity contribution in [1.82, 2.24) is 0 Å². The van der Waals surface area contributed by atoms with Crippen molar-refractivity contribution >= 4 is 0 Å². The van der Waals surface area contributed by atoms with Gasteiger partial charge in [-0.15, -0.1) is 0 Å². The standard InChI is InChI=1S/C17H27NO2/c1-13(18)12-14-8-7-11-16(19-2)17(14)20-15-9-5-3-4-6-10-15/h7-8,11,13,15H,3-6,9-10,12,18H2,1-2H3. The summed E-state index contributed by atoms with van der Waals surface area (Å²) in [5, 5.41) is 0. The third kappa shape index (κ3) is 4.14. The number of methoxy groups -OCH3 is 1. The Hall–Kier alpha value is -1.22. The SMILES string of the molecule is COc1cccc(CC(C)N)c1OC1CCCCCC1. The second-order valence-electron chi connectivity index (χ2n) is 5.86.